The van der Waals surface area contributed by atoms with E-state index >= 15 is 0 Å². The molecule has 1 unspecified atom stereocenters. The van der Waals surface area contributed by atoms with E-state index in [0.717, 1.165) is 89.1 Å². The largest absolute Gasteiger partial charge is 0.464 e. The summed E-state index contributed by atoms with van der Waals surface area (Å²) in [5.74, 6) is -0.382. The maximum Gasteiger partial charge on any atom is 0.324 e. The first kappa shape index (κ1) is 40.6. The van der Waals surface area contributed by atoms with Gasteiger partial charge in [0.05, 0.1) is 48.0 Å². The summed E-state index contributed by atoms with van der Waals surface area (Å²) < 4.78 is 20.1. The second kappa shape index (κ2) is 16.8. The zero-order valence-electron chi connectivity index (χ0n) is 34.6. The average Bonchev–Trinajstić information content (AvgIpc) is 3.50. The molecule has 4 aromatic rings. The topological polar surface area (TPSA) is 140 Å². The first-order valence-electron chi connectivity index (χ1n) is 20.8. The Balaban J connectivity index is 1.25. The number of carbonyl (C=O) groups is 3. The smallest absolute Gasteiger partial charge is 0.324 e. The molecule has 4 aliphatic rings. The maximum atomic E-state index is 14.2. The fourth-order valence-electron chi connectivity index (χ4n) is 8.94. The number of amides is 2. The van der Waals surface area contributed by atoms with Crippen LogP contribution in [-0.4, -0.2) is 107 Å². The minimum absolute atomic E-state index is 0.115. The summed E-state index contributed by atoms with van der Waals surface area (Å²) in [5, 5.41) is 8.48. The molecule has 13 nitrogen and oxygen atoms in total. The van der Waals surface area contributed by atoms with Crippen LogP contribution in [0.2, 0.25) is 0 Å². The van der Waals surface area contributed by atoms with Gasteiger partial charge in [0, 0.05) is 91.2 Å². The first-order valence-corrected chi connectivity index (χ1v) is 21.7. The molecule has 6 bridgehead atoms. The summed E-state index contributed by atoms with van der Waals surface area (Å²) in [5.41, 5.74) is 9.68. The van der Waals surface area contributed by atoms with Crippen LogP contribution in [0, 0.1) is 23.2 Å². The molecule has 310 valence electrons. The summed E-state index contributed by atoms with van der Waals surface area (Å²) in [7, 11) is 1.71. The van der Waals surface area contributed by atoms with Gasteiger partial charge in [-0.1, -0.05) is 33.8 Å². The van der Waals surface area contributed by atoms with Gasteiger partial charge in [-0.2, -0.15) is 0 Å². The number of hydrogen-bond acceptors (Lipinski definition) is 11. The molecule has 0 radical (unpaired) electrons. The third kappa shape index (κ3) is 8.31. The average molecular weight is 812 g/mol. The van der Waals surface area contributed by atoms with Gasteiger partial charge in [0.15, 0.2) is 0 Å². The molecule has 6 heterocycles. The molecule has 8 rings (SSSR count). The molecule has 2 saturated heterocycles. The number of fused-ring (bicyclic) bond motifs is 6. The van der Waals surface area contributed by atoms with Gasteiger partial charge >= 0.3 is 5.97 Å². The van der Waals surface area contributed by atoms with Crippen molar-refractivity contribution in [1.29, 1.82) is 0 Å². The molecule has 6 atom stereocenters. The Morgan fingerprint density at radius 2 is 1.91 bits per heavy atom. The van der Waals surface area contributed by atoms with Gasteiger partial charge in [-0.25, -0.2) is 10.4 Å². The molecule has 1 aromatic carbocycles. The summed E-state index contributed by atoms with van der Waals surface area (Å²) in [4.78, 5) is 53.9. The maximum absolute atomic E-state index is 14.2. The van der Waals surface area contributed by atoms with Crippen LogP contribution in [0.3, 0.4) is 0 Å². The number of nitrogens with zero attached hydrogens (tertiary/aromatic N) is 5. The molecule has 1 aliphatic carbocycles. The van der Waals surface area contributed by atoms with E-state index in [4.69, 9.17) is 24.2 Å². The molecule has 0 spiro atoms. The van der Waals surface area contributed by atoms with Gasteiger partial charge in [-0.3, -0.25) is 29.3 Å². The second-order valence-electron chi connectivity index (χ2n) is 17.4. The van der Waals surface area contributed by atoms with E-state index < -0.39 is 23.5 Å². The Bertz CT molecular complexity index is 2150. The number of carbonyl (C=O) groups excluding carboxylic acids is 3. The third-order valence-corrected chi connectivity index (χ3v) is 13.6. The van der Waals surface area contributed by atoms with Gasteiger partial charge in [-0.05, 0) is 67.9 Å². The number of aromatic nitrogens is 3. The van der Waals surface area contributed by atoms with E-state index in [9.17, 15) is 14.4 Å². The van der Waals surface area contributed by atoms with Gasteiger partial charge in [0.1, 0.15) is 12.1 Å². The van der Waals surface area contributed by atoms with Crippen LogP contribution >= 0.6 is 11.3 Å². The second-order valence-corrected chi connectivity index (χ2v) is 18.3. The number of thiazole rings is 1. The van der Waals surface area contributed by atoms with E-state index in [1.165, 1.54) is 16.3 Å². The van der Waals surface area contributed by atoms with E-state index in [2.05, 4.69) is 72.2 Å². The lowest BCUT2D eigenvalue weighted by Gasteiger charge is -2.35. The Morgan fingerprint density at radius 3 is 2.67 bits per heavy atom. The van der Waals surface area contributed by atoms with Crippen LogP contribution in [0.5, 0.6) is 0 Å². The number of methoxy groups -OCH3 is 1. The van der Waals surface area contributed by atoms with Crippen LogP contribution in [-0.2, 0) is 48.0 Å². The fraction of sp³-hybridized carbons (Fsp3) is 0.568. The fourth-order valence-corrected chi connectivity index (χ4v) is 9.79. The van der Waals surface area contributed by atoms with Crippen molar-refractivity contribution in [2.75, 3.05) is 53.1 Å². The zero-order valence-corrected chi connectivity index (χ0v) is 35.4. The van der Waals surface area contributed by atoms with Crippen LogP contribution in [0.25, 0.3) is 33.4 Å². The highest BCUT2D eigenvalue weighted by molar-refractivity contribution is 7.10. The Kier molecular flexibility index (Phi) is 11.8. The number of pyridine rings is 1. The molecule has 14 heteroatoms. The number of hydrogen-bond donors (Lipinski definition) is 2. The zero-order chi connectivity index (χ0) is 40.7. The number of nitrogens with one attached hydrogen (secondary N) is 2. The monoisotopic (exact) mass is 811 g/mol. The van der Waals surface area contributed by atoms with Crippen molar-refractivity contribution < 1.29 is 28.6 Å². The lowest BCUT2D eigenvalue weighted by Crippen LogP contribution is -2.60. The molecule has 3 aliphatic heterocycles. The van der Waals surface area contributed by atoms with E-state index in [-0.39, 0.29) is 48.7 Å². The quantitative estimate of drug-likeness (QED) is 0.222. The van der Waals surface area contributed by atoms with Crippen molar-refractivity contribution in [1.82, 2.24) is 35.2 Å². The van der Waals surface area contributed by atoms with Crippen molar-refractivity contribution in [3.05, 3.63) is 58.2 Å². The molecule has 2 amide bonds. The van der Waals surface area contributed by atoms with Crippen LogP contribution in [0.4, 0.5) is 0 Å². The number of rotatable bonds is 8. The van der Waals surface area contributed by atoms with Crippen molar-refractivity contribution in [2.45, 2.75) is 85.0 Å². The summed E-state index contributed by atoms with van der Waals surface area (Å²) in [6, 6.07) is 9.16. The molecule has 1 saturated carbocycles. The molecular weight excluding hydrogens is 755 g/mol. The highest BCUT2D eigenvalue weighted by atomic mass is 32.1. The highest BCUT2D eigenvalue weighted by Crippen LogP contribution is 2.46. The van der Waals surface area contributed by atoms with Crippen molar-refractivity contribution in [3.8, 4) is 22.5 Å². The van der Waals surface area contributed by atoms with Crippen molar-refractivity contribution in [2.24, 2.45) is 23.2 Å². The third-order valence-electron chi connectivity index (χ3n) is 12.7. The number of ether oxygens (including phenoxy) is 3. The van der Waals surface area contributed by atoms with E-state index in [0.29, 0.717) is 25.8 Å². The Labute approximate surface area is 344 Å². The summed E-state index contributed by atoms with van der Waals surface area (Å²) in [6.07, 6.45) is 3.59. The first-order chi connectivity index (χ1) is 27.9. The van der Waals surface area contributed by atoms with Gasteiger partial charge in [-0.15, -0.1) is 11.3 Å². The lowest BCUT2D eigenvalue weighted by atomic mass is 9.84. The van der Waals surface area contributed by atoms with E-state index in [1.807, 2.05) is 24.6 Å². The standard InChI is InChI=1S/C44H57N7O6S/c1-26-27(2)38(26)41(52)47-34-22-37-46-35(24-58-37)29-11-12-36-31(21-29)32(23-44(4,5)25-57-43(54)33-10-8-14-51(48-33)42(34)53)40(30-9-7-13-45-39(30)28(3)55-6)50(36)16-15-49-17-19-56-20-18-49/h7,9,11-13,21,24,26-28,33-34,38,48H,8,10,14-20,22-23,25H2,1-6H3,(H,47,52)/t26-,27+,28-,33-,34-,38?/m0/s1. The van der Waals surface area contributed by atoms with Crippen LogP contribution in [0.15, 0.2) is 41.9 Å². The normalized spacial score (nSPS) is 25.9. The van der Waals surface area contributed by atoms with Gasteiger partial charge < -0.3 is 24.1 Å². The molecule has 3 fully saturated rings. The number of esters is 1. The molecule has 3 aromatic heterocycles. The molecule has 2 N–H and O–H groups in total. The number of hydrazine groups is 1. The number of cyclic esters (lactones) is 1. The molecule has 58 heavy (non-hydrogen) atoms. The van der Waals surface area contributed by atoms with E-state index in [1.54, 1.807) is 7.11 Å². The molecular formula is C44H57N7O6S. The number of morpholine rings is 1. The van der Waals surface area contributed by atoms with Gasteiger partial charge in [0.25, 0.3) is 5.91 Å². The van der Waals surface area contributed by atoms with Crippen molar-refractivity contribution >= 4 is 40.0 Å². The van der Waals surface area contributed by atoms with Crippen LogP contribution < -0.4 is 10.7 Å². The predicted octanol–water partition coefficient (Wildman–Crippen LogP) is 5.42. The summed E-state index contributed by atoms with van der Waals surface area (Å²) in [6.45, 7) is 15.9. The number of benzene rings is 1. The van der Waals surface area contributed by atoms with Crippen LogP contribution in [0.1, 0.15) is 69.8 Å². The SMILES string of the molecule is CO[C@@H](C)c1ncccc1-c1c2c3cc(ccc3n1CCN1CCOCC1)-c1csc(n1)C[C@H](NC(=O)C1[C@@H](C)[C@H]1C)C(=O)N1CCC[C@H](N1)C(=O)OCC(C)(C)C2. The highest BCUT2D eigenvalue weighted by Gasteiger charge is 2.49. The van der Waals surface area contributed by atoms with Gasteiger partial charge in [0.2, 0.25) is 5.91 Å². The Morgan fingerprint density at radius 1 is 1.12 bits per heavy atom. The van der Waals surface area contributed by atoms with Crippen molar-refractivity contribution in [3.63, 3.8) is 0 Å². The summed E-state index contributed by atoms with van der Waals surface area (Å²) >= 11 is 1.49. The lowest BCUT2D eigenvalue weighted by molar-refractivity contribution is -0.155. The Hall–Kier alpha value is -4.21. The predicted molar refractivity (Wildman–Crippen MR) is 223 cm³/mol. The minimum Gasteiger partial charge on any atom is -0.464 e. The minimum atomic E-state index is -0.841.